The number of benzene rings is 1. The smallest absolute Gasteiger partial charge is 0.352 e. The number of rotatable bonds is 4. The predicted octanol–water partition coefficient (Wildman–Crippen LogP) is 2.45. The third-order valence-corrected chi connectivity index (χ3v) is 2.65. The fraction of sp³-hybridized carbons (Fsp3) is 0.462. The second-order valence-corrected chi connectivity index (χ2v) is 4.62. The Morgan fingerprint density at radius 1 is 1.32 bits per heavy atom. The number of carbonyl (C=O) groups excluding carboxylic acids is 1. The fourth-order valence-electron chi connectivity index (χ4n) is 1.66. The topological polar surface area (TPSA) is 55.1 Å². The molecule has 3 nitrogen and oxygen atoms in total. The lowest BCUT2D eigenvalue weighted by atomic mass is 10.0. The fourth-order valence-corrected chi connectivity index (χ4v) is 1.66. The average Bonchev–Trinajstić information content (AvgIpc) is 2.26. The molecule has 0 fully saturated rings. The van der Waals surface area contributed by atoms with Gasteiger partial charge in [-0.3, -0.25) is 4.79 Å². The molecule has 0 saturated carbocycles. The molecule has 6 heteroatoms. The van der Waals surface area contributed by atoms with Crippen molar-refractivity contribution in [2.24, 2.45) is 5.73 Å². The molecule has 0 aliphatic rings. The van der Waals surface area contributed by atoms with Crippen molar-refractivity contribution in [3.8, 4) is 0 Å². The minimum atomic E-state index is -4.30. The van der Waals surface area contributed by atoms with Gasteiger partial charge in [0, 0.05) is 6.04 Å². The summed E-state index contributed by atoms with van der Waals surface area (Å²) in [5.74, 6) is -0.611. The largest absolute Gasteiger partial charge is 0.391 e. The van der Waals surface area contributed by atoms with Crippen LogP contribution in [0.2, 0.25) is 0 Å². The van der Waals surface area contributed by atoms with Crippen molar-refractivity contribution in [3.63, 3.8) is 0 Å². The Hall–Kier alpha value is -1.56. The minimum absolute atomic E-state index is 0.572. The van der Waals surface area contributed by atoms with E-state index in [1.165, 1.54) is 6.92 Å². The SMILES string of the molecule is Cc1ccc(C(N)C(=O)NC(C)CC(F)(F)F)cc1. The van der Waals surface area contributed by atoms with E-state index >= 15 is 0 Å². The standard InChI is InChI=1S/C13H17F3N2O/c1-8-3-5-10(6-4-8)11(17)12(19)18-9(2)7-13(14,15)16/h3-6,9,11H,7,17H2,1-2H3,(H,18,19). The van der Waals surface area contributed by atoms with Gasteiger partial charge >= 0.3 is 6.18 Å². The molecule has 2 unspecified atom stereocenters. The highest BCUT2D eigenvalue weighted by molar-refractivity contribution is 5.83. The zero-order valence-electron chi connectivity index (χ0n) is 10.8. The Labute approximate surface area is 110 Å². The monoisotopic (exact) mass is 274 g/mol. The maximum Gasteiger partial charge on any atom is 0.391 e. The van der Waals surface area contributed by atoms with Crippen LogP contribution in [0.3, 0.4) is 0 Å². The molecule has 1 aromatic rings. The second kappa shape index (κ2) is 6.06. The van der Waals surface area contributed by atoms with E-state index < -0.39 is 30.6 Å². The van der Waals surface area contributed by atoms with Crippen LogP contribution in [0, 0.1) is 6.92 Å². The van der Waals surface area contributed by atoms with Crippen LogP contribution in [0.4, 0.5) is 13.2 Å². The molecule has 2 atom stereocenters. The van der Waals surface area contributed by atoms with Gasteiger partial charge in [0.2, 0.25) is 5.91 Å². The molecular formula is C13H17F3N2O. The summed E-state index contributed by atoms with van der Waals surface area (Å²) in [6.45, 7) is 3.19. The van der Waals surface area contributed by atoms with Crippen LogP contribution >= 0.6 is 0 Å². The van der Waals surface area contributed by atoms with E-state index in [4.69, 9.17) is 5.73 Å². The summed E-state index contributed by atoms with van der Waals surface area (Å²) >= 11 is 0. The van der Waals surface area contributed by atoms with Gasteiger partial charge in [-0.25, -0.2) is 0 Å². The van der Waals surface area contributed by atoms with E-state index in [0.717, 1.165) is 5.56 Å². The minimum Gasteiger partial charge on any atom is -0.352 e. The molecular weight excluding hydrogens is 257 g/mol. The lowest BCUT2D eigenvalue weighted by molar-refractivity contribution is -0.141. The van der Waals surface area contributed by atoms with Crippen LogP contribution in [0.1, 0.15) is 30.5 Å². The zero-order chi connectivity index (χ0) is 14.6. The van der Waals surface area contributed by atoms with Gasteiger partial charge < -0.3 is 11.1 Å². The Bertz CT molecular complexity index is 429. The lowest BCUT2D eigenvalue weighted by Crippen LogP contribution is -2.41. The maximum absolute atomic E-state index is 12.1. The Balaban J connectivity index is 2.60. The molecule has 3 N–H and O–H groups in total. The zero-order valence-corrected chi connectivity index (χ0v) is 10.8. The maximum atomic E-state index is 12.1. The average molecular weight is 274 g/mol. The summed E-state index contributed by atoms with van der Waals surface area (Å²) in [7, 11) is 0. The highest BCUT2D eigenvalue weighted by Gasteiger charge is 2.31. The van der Waals surface area contributed by atoms with Crippen LogP contribution in [-0.4, -0.2) is 18.1 Å². The number of aryl methyl sites for hydroxylation is 1. The number of carbonyl (C=O) groups is 1. The third-order valence-electron chi connectivity index (χ3n) is 2.65. The number of hydrogen-bond donors (Lipinski definition) is 2. The van der Waals surface area contributed by atoms with Crippen LogP contribution in [0.5, 0.6) is 0 Å². The van der Waals surface area contributed by atoms with E-state index in [1.807, 2.05) is 6.92 Å². The second-order valence-electron chi connectivity index (χ2n) is 4.62. The van der Waals surface area contributed by atoms with Crippen LogP contribution in [0.15, 0.2) is 24.3 Å². The molecule has 0 heterocycles. The summed E-state index contributed by atoms with van der Waals surface area (Å²) in [4.78, 5) is 11.7. The summed E-state index contributed by atoms with van der Waals surface area (Å²) in [5, 5.41) is 2.27. The van der Waals surface area contributed by atoms with Crippen molar-refractivity contribution in [1.29, 1.82) is 0 Å². The number of nitrogens with one attached hydrogen (secondary N) is 1. The van der Waals surface area contributed by atoms with Gasteiger partial charge in [-0.15, -0.1) is 0 Å². The van der Waals surface area contributed by atoms with E-state index in [-0.39, 0.29) is 0 Å². The lowest BCUT2D eigenvalue weighted by Gasteiger charge is -2.19. The summed E-state index contributed by atoms with van der Waals surface area (Å²) in [6, 6.07) is 5.01. The molecule has 0 spiro atoms. The molecule has 106 valence electrons. The molecule has 0 saturated heterocycles. The molecule has 0 radical (unpaired) electrons. The normalized spacial score (nSPS) is 14.8. The van der Waals surface area contributed by atoms with Crippen LogP contribution in [0.25, 0.3) is 0 Å². The Kier molecular flexibility index (Phi) is 4.94. The Morgan fingerprint density at radius 3 is 2.32 bits per heavy atom. The third kappa shape index (κ3) is 5.30. The molecule has 1 rings (SSSR count). The van der Waals surface area contributed by atoms with Crippen molar-refractivity contribution >= 4 is 5.91 Å². The van der Waals surface area contributed by atoms with E-state index in [9.17, 15) is 18.0 Å². The molecule has 19 heavy (non-hydrogen) atoms. The van der Waals surface area contributed by atoms with Gasteiger partial charge in [-0.1, -0.05) is 29.8 Å². The van der Waals surface area contributed by atoms with Gasteiger partial charge in [-0.2, -0.15) is 13.2 Å². The van der Waals surface area contributed by atoms with Crippen molar-refractivity contribution in [1.82, 2.24) is 5.32 Å². The first kappa shape index (κ1) is 15.5. The van der Waals surface area contributed by atoms with Gasteiger partial charge in [0.15, 0.2) is 0 Å². The summed E-state index contributed by atoms with van der Waals surface area (Å²) < 4.78 is 36.4. The Morgan fingerprint density at radius 2 is 1.84 bits per heavy atom. The van der Waals surface area contributed by atoms with Crippen LogP contribution in [-0.2, 0) is 4.79 Å². The molecule has 1 aromatic carbocycles. The van der Waals surface area contributed by atoms with Gasteiger partial charge in [0.25, 0.3) is 0 Å². The highest BCUT2D eigenvalue weighted by Crippen LogP contribution is 2.21. The molecule has 0 bridgehead atoms. The van der Waals surface area contributed by atoms with E-state index in [2.05, 4.69) is 5.32 Å². The van der Waals surface area contributed by atoms with Crippen molar-refractivity contribution in [2.45, 2.75) is 38.5 Å². The number of amides is 1. The van der Waals surface area contributed by atoms with Crippen molar-refractivity contribution in [2.75, 3.05) is 0 Å². The van der Waals surface area contributed by atoms with Gasteiger partial charge in [0.05, 0.1) is 6.42 Å². The summed E-state index contributed by atoms with van der Waals surface area (Å²) in [5.41, 5.74) is 7.29. The van der Waals surface area contributed by atoms with E-state index in [1.54, 1.807) is 24.3 Å². The summed E-state index contributed by atoms with van der Waals surface area (Å²) in [6.07, 6.45) is -5.37. The molecule has 0 aliphatic carbocycles. The highest BCUT2D eigenvalue weighted by atomic mass is 19.4. The van der Waals surface area contributed by atoms with Crippen molar-refractivity contribution in [3.05, 3.63) is 35.4 Å². The number of alkyl halides is 3. The van der Waals surface area contributed by atoms with Gasteiger partial charge in [-0.05, 0) is 19.4 Å². The first-order valence-electron chi connectivity index (χ1n) is 5.88. The number of nitrogens with two attached hydrogens (primary N) is 1. The molecule has 1 amide bonds. The quantitative estimate of drug-likeness (QED) is 0.886. The number of hydrogen-bond acceptors (Lipinski definition) is 2. The van der Waals surface area contributed by atoms with E-state index in [0.29, 0.717) is 5.56 Å². The predicted molar refractivity (Wildman–Crippen MR) is 66.4 cm³/mol. The molecule has 0 aromatic heterocycles. The molecule has 0 aliphatic heterocycles. The van der Waals surface area contributed by atoms with Gasteiger partial charge in [0.1, 0.15) is 6.04 Å². The first-order valence-corrected chi connectivity index (χ1v) is 5.88. The number of halogens is 3. The van der Waals surface area contributed by atoms with Crippen molar-refractivity contribution < 1.29 is 18.0 Å². The van der Waals surface area contributed by atoms with Crippen LogP contribution < -0.4 is 11.1 Å². The first-order chi connectivity index (χ1) is 8.69.